The molecule has 0 radical (unpaired) electrons. The van der Waals surface area contributed by atoms with Crippen molar-refractivity contribution in [1.82, 2.24) is 14.5 Å². The van der Waals surface area contributed by atoms with E-state index in [1.807, 2.05) is 0 Å². The molecule has 0 spiro atoms. The number of carbonyl (C=O) groups excluding carboxylic acids is 1. The Morgan fingerprint density at radius 3 is 2.48 bits per heavy atom. The molecule has 0 aliphatic carbocycles. The van der Waals surface area contributed by atoms with E-state index >= 15 is 0 Å². The van der Waals surface area contributed by atoms with Gasteiger partial charge in [0.1, 0.15) is 17.3 Å². The summed E-state index contributed by atoms with van der Waals surface area (Å²) in [6.07, 6.45) is 5.40. The van der Waals surface area contributed by atoms with E-state index in [0.29, 0.717) is 17.1 Å². The van der Waals surface area contributed by atoms with Crippen LogP contribution >= 0.6 is 0 Å². The van der Waals surface area contributed by atoms with Gasteiger partial charge in [-0.3, -0.25) is 9.36 Å². The molecule has 2 aromatic rings. The van der Waals surface area contributed by atoms with Gasteiger partial charge in [-0.2, -0.15) is 8.78 Å². The minimum Gasteiger partial charge on any atom is -0.497 e. The number of methoxy groups -OCH3 is 2. The molecule has 0 aliphatic heterocycles. The Labute approximate surface area is 144 Å². The van der Waals surface area contributed by atoms with E-state index < -0.39 is 6.55 Å². The summed E-state index contributed by atoms with van der Waals surface area (Å²) in [6, 6.07) is 5.21. The number of halogens is 2. The molecule has 0 aliphatic rings. The molecule has 25 heavy (non-hydrogen) atoms. The largest absolute Gasteiger partial charge is 0.497 e. The number of hydrogen-bond donors (Lipinski definition) is 0. The van der Waals surface area contributed by atoms with Gasteiger partial charge in [-0.1, -0.05) is 0 Å². The summed E-state index contributed by atoms with van der Waals surface area (Å²) in [5.74, 6) is 0.963. The molecule has 0 N–H and O–H groups in total. The van der Waals surface area contributed by atoms with Crippen molar-refractivity contribution in [3.63, 3.8) is 0 Å². The summed E-state index contributed by atoms with van der Waals surface area (Å²) >= 11 is 0. The zero-order valence-electron chi connectivity index (χ0n) is 14.1. The molecular weight excluding hydrogens is 332 g/mol. The molecule has 1 aromatic carbocycles. The van der Waals surface area contributed by atoms with Crippen molar-refractivity contribution in [2.75, 3.05) is 21.3 Å². The quantitative estimate of drug-likeness (QED) is 0.720. The van der Waals surface area contributed by atoms with Crippen LogP contribution in [0.15, 0.2) is 36.7 Å². The average Bonchev–Trinajstić information content (AvgIpc) is 3.07. The number of imidazole rings is 1. The molecule has 6 nitrogen and oxygen atoms in total. The number of alkyl halides is 2. The lowest BCUT2D eigenvalue weighted by Crippen LogP contribution is -2.26. The number of carbonyl (C=O) groups is 1. The van der Waals surface area contributed by atoms with Gasteiger partial charge in [0.15, 0.2) is 0 Å². The van der Waals surface area contributed by atoms with Crippen LogP contribution in [0.2, 0.25) is 0 Å². The molecule has 0 saturated carbocycles. The van der Waals surface area contributed by atoms with Crippen LogP contribution in [0.1, 0.15) is 17.9 Å². The van der Waals surface area contributed by atoms with Crippen molar-refractivity contribution in [1.29, 1.82) is 0 Å². The Bertz CT molecular complexity index is 737. The van der Waals surface area contributed by atoms with Crippen LogP contribution in [0.4, 0.5) is 8.78 Å². The maximum absolute atomic E-state index is 12.8. The van der Waals surface area contributed by atoms with E-state index in [2.05, 4.69) is 4.98 Å². The first-order valence-corrected chi connectivity index (χ1v) is 7.40. The van der Waals surface area contributed by atoms with Gasteiger partial charge < -0.3 is 14.4 Å². The summed E-state index contributed by atoms with van der Waals surface area (Å²) in [4.78, 5) is 17.3. The number of amides is 1. The maximum atomic E-state index is 12.8. The summed E-state index contributed by atoms with van der Waals surface area (Å²) in [5.41, 5.74) is 0.715. The SMILES string of the molecule is COc1cc(/C=C/C(=O)N(C)Cc2nccn2C(F)F)cc(OC)c1. The molecule has 134 valence electrons. The van der Waals surface area contributed by atoms with Gasteiger partial charge in [0.2, 0.25) is 5.91 Å². The number of benzene rings is 1. The van der Waals surface area contributed by atoms with E-state index in [1.165, 1.54) is 44.6 Å². The molecule has 1 amide bonds. The number of hydrogen-bond acceptors (Lipinski definition) is 4. The molecule has 0 atom stereocenters. The smallest absolute Gasteiger partial charge is 0.319 e. The Kier molecular flexibility index (Phi) is 6.10. The lowest BCUT2D eigenvalue weighted by Gasteiger charge is -2.15. The van der Waals surface area contributed by atoms with Crippen molar-refractivity contribution >= 4 is 12.0 Å². The standard InChI is InChI=1S/C17H19F2N3O3/c1-21(11-15-20-6-7-22(15)17(18)19)16(23)5-4-12-8-13(24-2)10-14(9-12)25-3/h4-10,17H,11H2,1-3H3/b5-4+. The van der Waals surface area contributed by atoms with Gasteiger partial charge >= 0.3 is 6.55 Å². The fourth-order valence-electron chi connectivity index (χ4n) is 2.15. The highest BCUT2D eigenvalue weighted by atomic mass is 19.3. The fraction of sp³-hybridized carbons (Fsp3) is 0.294. The predicted octanol–water partition coefficient (Wildman–Crippen LogP) is 2.97. The van der Waals surface area contributed by atoms with Crippen molar-refractivity contribution in [3.05, 3.63) is 48.1 Å². The molecule has 0 bridgehead atoms. The third-order valence-electron chi connectivity index (χ3n) is 3.51. The zero-order valence-corrected chi connectivity index (χ0v) is 14.1. The Morgan fingerprint density at radius 1 is 1.28 bits per heavy atom. The van der Waals surface area contributed by atoms with Crippen LogP contribution in [0, 0.1) is 0 Å². The summed E-state index contributed by atoms with van der Waals surface area (Å²) in [6.45, 7) is -2.72. The van der Waals surface area contributed by atoms with Gasteiger partial charge in [-0.15, -0.1) is 0 Å². The van der Waals surface area contributed by atoms with Crippen molar-refractivity contribution in [3.8, 4) is 11.5 Å². The molecule has 0 saturated heterocycles. The van der Waals surface area contributed by atoms with Crippen molar-refractivity contribution < 1.29 is 23.0 Å². The summed E-state index contributed by atoms with van der Waals surface area (Å²) in [7, 11) is 4.59. The lowest BCUT2D eigenvalue weighted by atomic mass is 10.2. The van der Waals surface area contributed by atoms with Gasteiger partial charge in [-0.05, 0) is 23.8 Å². The minimum atomic E-state index is -2.69. The van der Waals surface area contributed by atoms with Crippen LogP contribution in [0.25, 0.3) is 6.08 Å². The van der Waals surface area contributed by atoms with Crippen LogP contribution in [0.5, 0.6) is 11.5 Å². The second-order valence-corrected chi connectivity index (χ2v) is 5.20. The topological polar surface area (TPSA) is 56.6 Å². The van der Waals surface area contributed by atoms with E-state index in [4.69, 9.17) is 9.47 Å². The molecule has 0 fully saturated rings. The second-order valence-electron chi connectivity index (χ2n) is 5.20. The first-order valence-electron chi connectivity index (χ1n) is 7.40. The first-order chi connectivity index (χ1) is 11.9. The van der Waals surface area contributed by atoms with Gasteiger partial charge in [0.25, 0.3) is 0 Å². The highest BCUT2D eigenvalue weighted by Gasteiger charge is 2.14. The number of rotatable bonds is 7. The normalized spacial score (nSPS) is 11.1. The molecule has 1 aromatic heterocycles. The van der Waals surface area contributed by atoms with Crippen LogP contribution < -0.4 is 9.47 Å². The first kappa shape index (κ1) is 18.4. The Morgan fingerprint density at radius 2 is 1.92 bits per heavy atom. The van der Waals surface area contributed by atoms with Crippen LogP contribution in [-0.4, -0.2) is 41.6 Å². The molecule has 8 heteroatoms. The second kappa shape index (κ2) is 8.27. The molecule has 0 unspecified atom stereocenters. The molecular formula is C17H19F2N3O3. The number of aromatic nitrogens is 2. The zero-order chi connectivity index (χ0) is 18.4. The Balaban J connectivity index is 2.08. The van der Waals surface area contributed by atoms with E-state index in [-0.39, 0.29) is 18.3 Å². The fourth-order valence-corrected chi connectivity index (χ4v) is 2.15. The van der Waals surface area contributed by atoms with Gasteiger partial charge in [-0.25, -0.2) is 4.98 Å². The minimum absolute atomic E-state index is 0.0258. The maximum Gasteiger partial charge on any atom is 0.319 e. The number of nitrogens with zero attached hydrogens (tertiary/aromatic N) is 3. The highest BCUT2D eigenvalue weighted by molar-refractivity contribution is 5.91. The van der Waals surface area contributed by atoms with Crippen molar-refractivity contribution in [2.45, 2.75) is 13.1 Å². The lowest BCUT2D eigenvalue weighted by molar-refractivity contribution is -0.125. The number of likely N-dealkylation sites (N-methyl/N-ethyl adjacent to an activating group) is 1. The summed E-state index contributed by atoms with van der Waals surface area (Å²) < 4.78 is 36.7. The van der Waals surface area contributed by atoms with Crippen LogP contribution in [0.3, 0.4) is 0 Å². The van der Waals surface area contributed by atoms with E-state index in [0.717, 1.165) is 4.57 Å². The predicted molar refractivity (Wildman–Crippen MR) is 88.5 cm³/mol. The number of ether oxygens (including phenoxy) is 2. The van der Waals surface area contributed by atoms with Gasteiger partial charge in [0, 0.05) is 31.6 Å². The van der Waals surface area contributed by atoms with E-state index in [1.54, 1.807) is 24.3 Å². The molecule has 2 rings (SSSR count). The average molecular weight is 351 g/mol. The van der Waals surface area contributed by atoms with E-state index in [9.17, 15) is 13.6 Å². The Hall–Kier alpha value is -2.90. The molecule has 1 heterocycles. The third kappa shape index (κ3) is 4.79. The highest BCUT2D eigenvalue weighted by Crippen LogP contribution is 2.23. The van der Waals surface area contributed by atoms with Crippen molar-refractivity contribution in [2.24, 2.45) is 0 Å². The third-order valence-corrected chi connectivity index (χ3v) is 3.51. The monoisotopic (exact) mass is 351 g/mol. The summed E-state index contributed by atoms with van der Waals surface area (Å²) in [5, 5.41) is 0. The van der Waals surface area contributed by atoms with Crippen LogP contribution in [-0.2, 0) is 11.3 Å². The van der Waals surface area contributed by atoms with Gasteiger partial charge in [0.05, 0.1) is 20.8 Å².